The normalized spacial score (nSPS) is 26.6. The van der Waals surface area contributed by atoms with Crippen LogP contribution in [0.4, 0.5) is 0 Å². The fourth-order valence-electron chi connectivity index (χ4n) is 1.50. The maximum atomic E-state index is 11.0. The maximum Gasteiger partial charge on any atom is 0.322 e. The largest absolute Gasteiger partial charge is 0.468 e. The van der Waals surface area contributed by atoms with Crippen LogP contribution in [0.2, 0.25) is 0 Å². The number of carbonyl (C=O) groups is 1. The minimum absolute atomic E-state index is 0.179. The Kier molecular flexibility index (Phi) is 2.96. The second kappa shape index (κ2) is 3.66. The number of hydrogen-bond acceptors (Lipinski definition) is 3. The van der Waals surface area contributed by atoms with Gasteiger partial charge in [-0.05, 0) is 31.2 Å². The number of carbonyl (C=O) groups excluding carboxylic acids is 1. The molecular weight excluding hydrogens is 166 g/mol. The Morgan fingerprint density at radius 1 is 1.69 bits per heavy atom. The van der Waals surface area contributed by atoms with Gasteiger partial charge in [-0.3, -0.25) is 4.79 Å². The lowest BCUT2D eigenvalue weighted by Crippen LogP contribution is -2.36. The van der Waals surface area contributed by atoms with Crippen LogP contribution in [0.1, 0.15) is 27.2 Å². The quantitative estimate of drug-likeness (QED) is 0.668. The monoisotopic (exact) mass is 185 g/mol. The second-order valence-corrected chi connectivity index (χ2v) is 4.54. The first-order chi connectivity index (χ1) is 5.97. The highest BCUT2D eigenvalue weighted by Gasteiger charge is 2.45. The van der Waals surface area contributed by atoms with Gasteiger partial charge in [-0.1, -0.05) is 13.8 Å². The van der Waals surface area contributed by atoms with Gasteiger partial charge in [0.1, 0.15) is 6.04 Å². The molecule has 2 atom stereocenters. The Hall–Kier alpha value is -0.570. The van der Waals surface area contributed by atoms with Gasteiger partial charge >= 0.3 is 5.97 Å². The van der Waals surface area contributed by atoms with E-state index in [1.54, 1.807) is 0 Å². The Morgan fingerprint density at radius 2 is 2.23 bits per heavy atom. The van der Waals surface area contributed by atoms with Gasteiger partial charge in [0.15, 0.2) is 0 Å². The standard InChI is InChI=1S/C10H19NO2/c1-7(9(12)13-4)11-6-8-5-10(8,2)3/h7-8,11H,5-6H2,1-4H3. The van der Waals surface area contributed by atoms with E-state index in [9.17, 15) is 4.79 Å². The van der Waals surface area contributed by atoms with Crippen molar-refractivity contribution in [1.29, 1.82) is 0 Å². The summed E-state index contributed by atoms with van der Waals surface area (Å²) in [6, 6.07) is -0.179. The zero-order valence-corrected chi connectivity index (χ0v) is 8.89. The number of hydrogen-bond donors (Lipinski definition) is 1. The van der Waals surface area contributed by atoms with Crippen molar-refractivity contribution in [3.05, 3.63) is 0 Å². The summed E-state index contributed by atoms with van der Waals surface area (Å²) < 4.78 is 4.62. The molecular formula is C10H19NO2. The smallest absolute Gasteiger partial charge is 0.322 e. The third kappa shape index (κ3) is 2.69. The van der Waals surface area contributed by atoms with Gasteiger partial charge in [0.25, 0.3) is 0 Å². The molecule has 1 aliphatic rings. The van der Waals surface area contributed by atoms with Crippen molar-refractivity contribution in [1.82, 2.24) is 5.32 Å². The summed E-state index contributed by atoms with van der Waals surface area (Å²) in [5.74, 6) is 0.540. The first kappa shape index (κ1) is 10.5. The molecule has 0 aliphatic heterocycles. The zero-order chi connectivity index (χ0) is 10.1. The van der Waals surface area contributed by atoms with E-state index in [0.29, 0.717) is 5.41 Å². The molecule has 0 heterocycles. The summed E-state index contributed by atoms with van der Waals surface area (Å²) in [5.41, 5.74) is 0.475. The molecule has 1 rings (SSSR count). The zero-order valence-electron chi connectivity index (χ0n) is 8.89. The fourth-order valence-corrected chi connectivity index (χ4v) is 1.50. The molecule has 1 fully saturated rings. The highest BCUT2D eigenvalue weighted by atomic mass is 16.5. The molecule has 2 unspecified atom stereocenters. The molecule has 1 N–H and O–H groups in total. The number of rotatable bonds is 4. The van der Waals surface area contributed by atoms with Crippen LogP contribution in [0.3, 0.4) is 0 Å². The van der Waals surface area contributed by atoms with Crippen LogP contribution in [0, 0.1) is 11.3 Å². The van der Waals surface area contributed by atoms with Crippen molar-refractivity contribution < 1.29 is 9.53 Å². The Labute approximate surface area is 79.8 Å². The molecule has 0 saturated heterocycles. The van der Waals surface area contributed by atoms with Gasteiger partial charge in [-0.15, -0.1) is 0 Å². The van der Waals surface area contributed by atoms with Gasteiger partial charge in [0.05, 0.1) is 7.11 Å². The summed E-state index contributed by atoms with van der Waals surface area (Å²) in [6.07, 6.45) is 1.26. The van der Waals surface area contributed by atoms with Crippen LogP contribution in [-0.4, -0.2) is 25.7 Å². The molecule has 13 heavy (non-hydrogen) atoms. The van der Waals surface area contributed by atoms with Crippen molar-refractivity contribution in [2.75, 3.05) is 13.7 Å². The SMILES string of the molecule is COC(=O)C(C)NCC1CC1(C)C. The van der Waals surface area contributed by atoms with Gasteiger partial charge in [0.2, 0.25) is 0 Å². The Balaban J connectivity index is 2.17. The first-order valence-electron chi connectivity index (χ1n) is 4.78. The lowest BCUT2D eigenvalue weighted by Gasteiger charge is -2.11. The van der Waals surface area contributed by atoms with Crippen LogP contribution >= 0.6 is 0 Å². The van der Waals surface area contributed by atoms with E-state index in [1.807, 2.05) is 6.92 Å². The molecule has 3 nitrogen and oxygen atoms in total. The maximum absolute atomic E-state index is 11.0. The fraction of sp³-hybridized carbons (Fsp3) is 0.900. The van der Waals surface area contributed by atoms with Crippen molar-refractivity contribution in [2.45, 2.75) is 33.2 Å². The number of nitrogens with one attached hydrogen (secondary N) is 1. The van der Waals surface area contributed by atoms with Crippen molar-refractivity contribution in [3.63, 3.8) is 0 Å². The van der Waals surface area contributed by atoms with Crippen molar-refractivity contribution >= 4 is 5.97 Å². The summed E-state index contributed by atoms with van der Waals surface area (Å²) in [6.45, 7) is 7.26. The van der Waals surface area contributed by atoms with Gasteiger partial charge in [-0.25, -0.2) is 0 Å². The van der Waals surface area contributed by atoms with E-state index in [2.05, 4.69) is 23.9 Å². The molecule has 0 aromatic heterocycles. The van der Waals surface area contributed by atoms with E-state index in [4.69, 9.17) is 0 Å². The van der Waals surface area contributed by atoms with Crippen molar-refractivity contribution in [2.24, 2.45) is 11.3 Å². The number of esters is 1. The molecule has 1 aliphatic carbocycles. The van der Waals surface area contributed by atoms with Gasteiger partial charge in [-0.2, -0.15) is 0 Å². The topological polar surface area (TPSA) is 38.3 Å². The predicted molar refractivity (Wildman–Crippen MR) is 51.4 cm³/mol. The van der Waals surface area contributed by atoms with Crippen LogP contribution in [-0.2, 0) is 9.53 Å². The summed E-state index contributed by atoms with van der Waals surface area (Å²) in [4.78, 5) is 11.0. The molecule has 0 radical (unpaired) electrons. The molecule has 0 aromatic rings. The van der Waals surface area contributed by atoms with Crippen LogP contribution in [0.5, 0.6) is 0 Å². The highest BCUT2D eigenvalue weighted by molar-refractivity contribution is 5.75. The van der Waals surface area contributed by atoms with Crippen LogP contribution in [0.15, 0.2) is 0 Å². The Morgan fingerprint density at radius 3 is 2.62 bits per heavy atom. The van der Waals surface area contributed by atoms with Gasteiger partial charge in [0, 0.05) is 0 Å². The molecule has 0 bridgehead atoms. The molecule has 0 aromatic carbocycles. The van der Waals surface area contributed by atoms with E-state index in [1.165, 1.54) is 13.5 Å². The summed E-state index contributed by atoms with van der Waals surface area (Å²) in [7, 11) is 1.42. The number of ether oxygens (including phenoxy) is 1. The van der Waals surface area contributed by atoms with E-state index in [-0.39, 0.29) is 12.0 Å². The number of methoxy groups -OCH3 is 1. The minimum Gasteiger partial charge on any atom is -0.468 e. The molecule has 0 spiro atoms. The van der Waals surface area contributed by atoms with Crippen LogP contribution in [0.25, 0.3) is 0 Å². The summed E-state index contributed by atoms with van der Waals surface area (Å²) >= 11 is 0. The molecule has 76 valence electrons. The van der Waals surface area contributed by atoms with Crippen LogP contribution < -0.4 is 5.32 Å². The summed E-state index contributed by atoms with van der Waals surface area (Å²) in [5, 5.41) is 3.18. The first-order valence-corrected chi connectivity index (χ1v) is 4.78. The highest BCUT2D eigenvalue weighted by Crippen LogP contribution is 2.50. The average molecular weight is 185 g/mol. The average Bonchev–Trinajstić information content (AvgIpc) is 2.68. The third-order valence-corrected chi connectivity index (χ3v) is 2.94. The van der Waals surface area contributed by atoms with Gasteiger partial charge < -0.3 is 10.1 Å². The lowest BCUT2D eigenvalue weighted by atomic mass is 10.1. The van der Waals surface area contributed by atoms with Crippen molar-refractivity contribution in [3.8, 4) is 0 Å². The van der Waals surface area contributed by atoms with E-state index < -0.39 is 0 Å². The minimum atomic E-state index is -0.182. The van der Waals surface area contributed by atoms with E-state index in [0.717, 1.165) is 12.5 Å². The molecule has 0 amide bonds. The third-order valence-electron chi connectivity index (χ3n) is 2.94. The second-order valence-electron chi connectivity index (χ2n) is 4.54. The Bertz CT molecular complexity index is 201. The molecule has 3 heteroatoms. The van der Waals surface area contributed by atoms with E-state index >= 15 is 0 Å². The predicted octanol–water partition coefficient (Wildman–Crippen LogP) is 1.18. The molecule has 1 saturated carbocycles. The lowest BCUT2D eigenvalue weighted by molar-refractivity contribution is -0.142.